The molecule has 7 nitrogen and oxygen atoms in total. The van der Waals surface area contributed by atoms with Crippen molar-refractivity contribution in [3.63, 3.8) is 0 Å². The molecule has 0 aromatic heterocycles. The Morgan fingerprint density at radius 1 is 1.25 bits per heavy atom. The summed E-state index contributed by atoms with van der Waals surface area (Å²) in [5.74, 6) is -0.0346. The molecule has 0 saturated carbocycles. The van der Waals surface area contributed by atoms with Crippen LogP contribution in [0.25, 0.3) is 6.08 Å². The zero-order valence-corrected chi connectivity index (χ0v) is 16.2. The molecule has 0 unspecified atom stereocenters. The van der Waals surface area contributed by atoms with Crippen molar-refractivity contribution in [1.82, 2.24) is 5.32 Å². The second kappa shape index (κ2) is 8.10. The van der Waals surface area contributed by atoms with Gasteiger partial charge in [0.05, 0.1) is 12.8 Å². The first-order valence-corrected chi connectivity index (χ1v) is 8.83. The lowest BCUT2D eigenvalue weighted by molar-refractivity contribution is -0.120. The fourth-order valence-electron chi connectivity index (χ4n) is 2.75. The number of rotatable bonds is 6. The lowest BCUT2D eigenvalue weighted by Crippen LogP contribution is -2.30. The Hall–Kier alpha value is -3.39. The predicted octanol–water partition coefficient (Wildman–Crippen LogP) is 2.13. The summed E-state index contributed by atoms with van der Waals surface area (Å²) in [6.45, 7) is 1.70. The number of aryl methyl sites for hydroxylation is 1. The molecular weight excluding hydrogens is 378 g/mol. The third-order valence-electron chi connectivity index (χ3n) is 4.01. The molecule has 1 heterocycles. The number of ether oxygens (including phenoxy) is 2. The van der Waals surface area contributed by atoms with Crippen LogP contribution in [0.4, 0.5) is 5.69 Å². The van der Waals surface area contributed by atoms with Gasteiger partial charge in [-0.25, -0.2) is 0 Å². The second-order valence-corrected chi connectivity index (χ2v) is 6.52. The third-order valence-corrected chi connectivity index (χ3v) is 4.29. The molecule has 0 bridgehead atoms. The van der Waals surface area contributed by atoms with Gasteiger partial charge in [-0.1, -0.05) is 18.2 Å². The summed E-state index contributed by atoms with van der Waals surface area (Å²) < 4.78 is 10.6. The van der Waals surface area contributed by atoms with Crippen molar-refractivity contribution in [3.8, 4) is 11.5 Å². The van der Waals surface area contributed by atoms with Gasteiger partial charge in [-0.2, -0.15) is 0 Å². The summed E-state index contributed by atoms with van der Waals surface area (Å²) in [6, 6.07) is 12.6. The first-order valence-electron chi connectivity index (χ1n) is 8.42. The van der Waals surface area contributed by atoms with Crippen molar-refractivity contribution in [1.29, 1.82) is 0 Å². The van der Waals surface area contributed by atoms with Crippen molar-refractivity contribution >= 4 is 40.9 Å². The minimum Gasteiger partial charge on any atom is -0.493 e. The lowest BCUT2D eigenvalue weighted by atomic mass is 10.1. The van der Waals surface area contributed by atoms with E-state index in [-0.39, 0.29) is 12.5 Å². The fraction of sp³-hybridized carbons (Fsp3) is 0.150. The van der Waals surface area contributed by atoms with E-state index in [1.54, 1.807) is 24.3 Å². The Balaban J connectivity index is 1.86. The molecule has 144 valence electrons. The molecule has 1 aliphatic rings. The van der Waals surface area contributed by atoms with Crippen molar-refractivity contribution in [2.45, 2.75) is 6.92 Å². The minimum atomic E-state index is -0.584. The molecule has 28 heavy (non-hydrogen) atoms. The van der Waals surface area contributed by atoms with E-state index in [9.17, 15) is 9.59 Å². The average Bonchev–Trinajstić information content (AvgIpc) is 2.93. The van der Waals surface area contributed by atoms with Crippen LogP contribution in [0.3, 0.4) is 0 Å². The topological polar surface area (TPSA) is 93.9 Å². The highest BCUT2D eigenvalue weighted by Gasteiger charge is 2.32. The molecule has 0 spiro atoms. The van der Waals surface area contributed by atoms with Crippen molar-refractivity contribution < 1.29 is 19.1 Å². The largest absolute Gasteiger partial charge is 0.493 e. The average molecular weight is 397 g/mol. The van der Waals surface area contributed by atoms with Crippen molar-refractivity contribution in [2.75, 3.05) is 18.6 Å². The molecule has 2 aromatic rings. The number of carbonyl (C=O) groups is 2. The van der Waals surface area contributed by atoms with Gasteiger partial charge in [-0.15, -0.1) is 0 Å². The maximum absolute atomic E-state index is 12.8. The zero-order chi connectivity index (χ0) is 20.3. The van der Waals surface area contributed by atoms with E-state index in [4.69, 9.17) is 27.4 Å². The van der Waals surface area contributed by atoms with E-state index in [0.29, 0.717) is 33.6 Å². The molecule has 8 heteroatoms. The Morgan fingerprint density at radius 3 is 2.71 bits per heavy atom. The zero-order valence-electron chi connectivity index (χ0n) is 15.4. The molecule has 3 N–H and O–H groups in total. The third kappa shape index (κ3) is 4.12. The van der Waals surface area contributed by atoms with E-state index in [1.807, 2.05) is 31.2 Å². The summed E-state index contributed by atoms with van der Waals surface area (Å²) in [5.41, 5.74) is 7.88. The normalized spacial score (nSPS) is 14.9. The molecule has 0 radical (unpaired) electrons. The maximum atomic E-state index is 12.8. The van der Waals surface area contributed by atoms with Gasteiger partial charge in [0.2, 0.25) is 0 Å². The van der Waals surface area contributed by atoms with Crippen molar-refractivity contribution in [3.05, 3.63) is 59.3 Å². The van der Waals surface area contributed by atoms with Crippen LogP contribution < -0.4 is 25.4 Å². The smallest absolute Gasteiger partial charge is 0.281 e. The Kier molecular flexibility index (Phi) is 5.60. The summed E-state index contributed by atoms with van der Waals surface area (Å²) in [5, 5.41) is 3.26. The van der Waals surface area contributed by atoms with Gasteiger partial charge in [0.25, 0.3) is 11.8 Å². The van der Waals surface area contributed by atoms with Gasteiger partial charge < -0.3 is 20.5 Å². The Morgan fingerprint density at radius 2 is 2.04 bits per heavy atom. The van der Waals surface area contributed by atoms with Gasteiger partial charge in [0.1, 0.15) is 5.70 Å². The number of anilines is 1. The molecule has 0 atom stereocenters. The second-order valence-electron chi connectivity index (χ2n) is 6.13. The van der Waals surface area contributed by atoms with Crippen LogP contribution in [0.5, 0.6) is 11.5 Å². The number of nitrogens with one attached hydrogen (secondary N) is 1. The van der Waals surface area contributed by atoms with Crippen LogP contribution in [0.2, 0.25) is 0 Å². The Labute approximate surface area is 167 Å². The number of thiocarbonyl (C=S) groups is 1. The lowest BCUT2D eigenvalue weighted by Gasteiger charge is -2.14. The van der Waals surface area contributed by atoms with Crippen LogP contribution in [0, 0.1) is 6.92 Å². The van der Waals surface area contributed by atoms with Crippen molar-refractivity contribution in [2.24, 2.45) is 5.73 Å². The number of benzene rings is 2. The van der Waals surface area contributed by atoms with Gasteiger partial charge in [0, 0.05) is 0 Å². The summed E-state index contributed by atoms with van der Waals surface area (Å²) >= 11 is 5.33. The first kappa shape index (κ1) is 19.4. The molecule has 1 aliphatic heterocycles. The van der Waals surface area contributed by atoms with Gasteiger partial charge in [-0.05, 0) is 60.6 Å². The highest BCUT2D eigenvalue weighted by Crippen LogP contribution is 2.30. The number of hydrogen-bond donors (Lipinski definition) is 2. The number of primary amides is 1. The summed E-state index contributed by atoms with van der Waals surface area (Å²) in [7, 11) is 1.48. The molecule has 3 rings (SSSR count). The highest BCUT2D eigenvalue weighted by molar-refractivity contribution is 7.80. The number of amides is 2. The summed E-state index contributed by atoms with van der Waals surface area (Å²) in [6.07, 6.45) is 1.67. The molecule has 2 amide bonds. The standard InChI is InChI=1S/C20H19N3O4S/c1-12-4-3-5-14(8-12)23-19(25)15(22-20(23)28)9-13-6-7-16(17(10-13)26-2)27-11-18(21)24/h3-10H,11H2,1-2H3,(H2,21,24)(H,22,28)/b15-9+. The van der Waals surface area contributed by atoms with E-state index in [1.165, 1.54) is 12.0 Å². The van der Waals surface area contributed by atoms with Crippen LogP contribution in [-0.2, 0) is 9.59 Å². The highest BCUT2D eigenvalue weighted by atomic mass is 32.1. The van der Waals surface area contributed by atoms with E-state index in [2.05, 4.69) is 5.32 Å². The molecule has 0 aliphatic carbocycles. The van der Waals surface area contributed by atoms with Crippen LogP contribution in [0.15, 0.2) is 48.2 Å². The Bertz CT molecular complexity index is 987. The van der Waals surface area contributed by atoms with Crippen LogP contribution in [-0.4, -0.2) is 30.6 Å². The number of methoxy groups -OCH3 is 1. The maximum Gasteiger partial charge on any atom is 0.281 e. The molecule has 1 fully saturated rings. The summed E-state index contributed by atoms with van der Waals surface area (Å²) in [4.78, 5) is 25.2. The SMILES string of the molecule is COc1cc(/C=C2/NC(=S)N(c3cccc(C)c3)C2=O)ccc1OCC(N)=O. The number of carbonyl (C=O) groups excluding carboxylic acids is 2. The number of nitrogens with zero attached hydrogens (tertiary/aromatic N) is 1. The van der Waals surface area contributed by atoms with E-state index in [0.717, 1.165) is 5.56 Å². The number of hydrogen-bond acceptors (Lipinski definition) is 5. The predicted molar refractivity (Wildman–Crippen MR) is 110 cm³/mol. The van der Waals surface area contributed by atoms with Gasteiger partial charge in [-0.3, -0.25) is 14.5 Å². The molecule has 1 saturated heterocycles. The van der Waals surface area contributed by atoms with E-state index >= 15 is 0 Å². The fourth-order valence-corrected chi connectivity index (χ4v) is 3.04. The van der Waals surface area contributed by atoms with Gasteiger partial charge in [0.15, 0.2) is 23.2 Å². The quantitative estimate of drug-likeness (QED) is 0.573. The molecular formula is C20H19N3O4S. The van der Waals surface area contributed by atoms with Crippen LogP contribution in [0.1, 0.15) is 11.1 Å². The minimum absolute atomic E-state index is 0.247. The first-order chi connectivity index (χ1) is 13.4. The molecule has 2 aromatic carbocycles. The van der Waals surface area contributed by atoms with Gasteiger partial charge >= 0.3 is 0 Å². The number of nitrogens with two attached hydrogens (primary N) is 1. The monoisotopic (exact) mass is 397 g/mol. The van der Waals surface area contributed by atoms with Crippen LogP contribution >= 0.6 is 12.2 Å². The van der Waals surface area contributed by atoms with E-state index < -0.39 is 5.91 Å².